The molecule has 146 valence electrons. The van der Waals surface area contributed by atoms with Gasteiger partial charge in [-0.25, -0.2) is 0 Å². The lowest BCUT2D eigenvalue weighted by atomic mass is 9.66. The normalized spacial score (nSPS) is 25.5. The van der Waals surface area contributed by atoms with Crippen LogP contribution in [0.5, 0.6) is 5.75 Å². The maximum absolute atomic E-state index is 11.7. The van der Waals surface area contributed by atoms with Crippen molar-refractivity contribution in [1.82, 2.24) is 4.90 Å². The van der Waals surface area contributed by atoms with Crippen molar-refractivity contribution in [2.45, 2.75) is 37.7 Å². The van der Waals surface area contributed by atoms with Crippen LogP contribution in [0.3, 0.4) is 0 Å². The molecule has 2 aromatic carbocycles. The SMILES string of the molecule is COc1cccc(C2(O)CCC(CCc3ccccc3)CC2CN(C)C)c1. The second-order valence-corrected chi connectivity index (χ2v) is 8.28. The summed E-state index contributed by atoms with van der Waals surface area (Å²) in [5.74, 6) is 1.71. The topological polar surface area (TPSA) is 32.7 Å². The third-order valence-electron chi connectivity index (χ3n) is 6.07. The highest BCUT2D eigenvalue weighted by Crippen LogP contribution is 2.46. The lowest BCUT2D eigenvalue weighted by molar-refractivity contribution is -0.0761. The summed E-state index contributed by atoms with van der Waals surface area (Å²) in [4.78, 5) is 2.20. The van der Waals surface area contributed by atoms with E-state index in [9.17, 15) is 5.11 Å². The van der Waals surface area contributed by atoms with Crippen molar-refractivity contribution in [3.05, 3.63) is 65.7 Å². The predicted molar refractivity (Wildman–Crippen MR) is 111 cm³/mol. The molecule has 3 unspecified atom stereocenters. The zero-order valence-electron chi connectivity index (χ0n) is 16.9. The minimum absolute atomic E-state index is 0.231. The van der Waals surface area contributed by atoms with Crippen LogP contribution in [0.2, 0.25) is 0 Å². The summed E-state index contributed by atoms with van der Waals surface area (Å²) in [6, 6.07) is 18.7. The summed E-state index contributed by atoms with van der Waals surface area (Å²) in [5, 5.41) is 11.7. The van der Waals surface area contributed by atoms with Crippen LogP contribution in [0.4, 0.5) is 0 Å². The Morgan fingerprint density at radius 3 is 2.59 bits per heavy atom. The van der Waals surface area contributed by atoms with Crippen LogP contribution < -0.4 is 4.74 Å². The van der Waals surface area contributed by atoms with Crippen molar-refractivity contribution >= 4 is 0 Å². The first kappa shape index (κ1) is 19.9. The van der Waals surface area contributed by atoms with E-state index in [4.69, 9.17) is 4.74 Å². The van der Waals surface area contributed by atoms with Crippen LogP contribution in [0.15, 0.2) is 54.6 Å². The van der Waals surface area contributed by atoms with Gasteiger partial charge in [-0.2, -0.15) is 0 Å². The number of aryl methyl sites for hydroxylation is 1. The average Bonchev–Trinajstić information content (AvgIpc) is 2.69. The number of nitrogens with zero attached hydrogens (tertiary/aromatic N) is 1. The Balaban J connectivity index is 1.74. The van der Waals surface area contributed by atoms with Crippen molar-refractivity contribution in [3.8, 4) is 5.75 Å². The van der Waals surface area contributed by atoms with Crippen molar-refractivity contribution in [2.75, 3.05) is 27.7 Å². The van der Waals surface area contributed by atoms with Crippen molar-refractivity contribution in [1.29, 1.82) is 0 Å². The molecule has 0 saturated heterocycles. The first-order chi connectivity index (χ1) is 13.0. The van der Waals surface area contributed by atoms with Gasteiger partial charge in [0.2, 0.25) is 0 Å². The monoisotopic (exact) mass is 367 g/mol. The quantitative estimate of drug-likeness (QED) is 0.782. The van der Waals surface area contributed by atoms with Gasteiger partial charge >= 0.3 is 0 Å². The molecule has 1 N–H and O–H groups in total. The summed E-state index contributed by atoms with van der Waals surface area (Å²) >= 11 is 0. The zero-order chi connectivity index (χ0) is 19.3. The van der Waals surface area contributed by atoms with Gasteiger partial charge in [0, 0.05) is 12.5 Å². The molecule has 3 heteroatoms. The Bertz CT molecular complexity index is 715. The molecular weight excluding hydrogens is 334 g/mol. The first-order valence-corrected chi connectivity index (χ1v) is 10.1. The molecule has 1 aliphatic carbocycles. The van der Waals surface area contributed by atoms with E-state index < -0.39 is 5.60 Å². The van der Waals surface area contributed by atoms with Crippen LogP contribution in [0, 0.1) is 11.8 Å². The first-order valence-electron chi connectivity index (χ1n) is 10.1. The minimum atomic E-state index is -0.776. The lowest BCUT2D eigenvalue weighted by Crippen LogP contribution is -2.45. The molecule has 0 bridgehead atoms. The van der Waals surface area contributed by atoms with E-state index in [1.165, 1.54) is 12.0 Å². The van der Waals surface area contributed by atoms with Crippen LogP contribution in [-0.2, 0) is 12.0 Å². The minimum Gasteiger partial charge on any atom is -0.497 e. The van der Waals surface area contributed by atoms with Crippen LogP contribution in [0.25, 0.3) is 0 Å². The molecule has 0 heterocycles. The fraction of sp³-hybridized carbons (Fsp3) is 0.500. The zero-order valence-corrected chi connectivity index (χ0v) is 16.9. The molecule has 3 nitrogen and oxygen atoms in total. The highest BCUT2D eigenvalue weighted by molar-refractivity contribution is 5.33. The number of hydrogen-bond donors (Lipinski definition) is 1. The lowest BCUT2D eigenvalue weighted by Gasteiger charge is -2.44. The number of aliphatic hydroxyl groups is 1. The summed E-state index contributed by atoms with van der Waals surface area (Å²) < 4.78 is 5.39. The predicted octanol–water partition coefficient (Wildman–Crippen LogP) is 4.49. The van der Waals surface area contributed by atoms with Gasteiger partial charge in [0.05, 0.1) is 12.7 Å². The van der Waals surface area contributed by atoms with E-state index in [0.717, 1.165) is 43.5 Å². The fourth-order valence-corrected chi connectivity index (χ4v) is 4.56. The molecule has 0 aliphatic heterocycles. The van der Waals surface area contributed by atoms with Gasteiger partial charge in [-0.1, -0.05) is 42.5 Å². The van der Waals surface area contributed by atoms with Gasteiger partial charge in [-0.05, 0) is 75.4 Å². The maximum atomic E-state index is 11.7. The third kappa shape index (κ3) is 4.91. The highest BCUT2D eigenvalue weighted by atomic mass is 16.5. The van der Waals surface area contributed by atoms with E-state index in [0.29, 0.717) is 5.92 Å². The second-order valence-electron chi connectivity index (χ2n) is 8.28. The summed E-state index contributed by atoms with van der Waals surface area (Å²) in [6.45, 7) is 0.898. The van der Waals surface area contributed by atoms with Crippen molar-refractivity contribution in [3.63, 3.8) is 0 Å². The van der Waals surface area contributed by atoms with Crippen molar-refractivity contribution in [2.24, 2.45) is 11.8 Å². The largest absolute Gasteiger partial charge is 0.497 e. The molecular formula is C24H33NO2. The Hall–Kier alpha value is -1.84. The smallest absolute Gasteiger partial charge is 0.119 e. The van der Waals surface area contributed by atoms with Gasteiger partial charge in [0.25, 0.3) is 0 Å². The van der Waals surface area contributed by atoms with Gasteiger partial charge in [0.1, 0.15) is 5.75 Å². The summed E-state index contributed by atoms with van der Waals surface area (Å²) in [7, 11) is 5.88. The Morgan fingerprint density at radius 1 is 1.11 bits per heavy atom. The standard InChI is InChI=1S/C24H33NO2/c1-25(2)18-22-16-20(13-12-19-8-5-4-6-9-19)14-15-24(22,26)21-10-7-11-23(17-21)27-3/h4-11,17,20,22,26H,12-16,18H2,1-3H3. The third-order valence-corrected chi connectivity index (χ3v) is 6.07. The summed E-state index contributed by atoms with van der Waals surface area (Å²) in [6.07, 6.45) is 5.28. The molecule has 0 aromatic heterocycles. The van der Waals surface area contributed by atoms with Crippen LogP contribution >= 0.6 is 0 Å². The molecule has 0 spiro atoms. The van der Waals surface area contributed by atoms with E-state index in [2.05, 4.69) is 55.4 Å². The number of rotatable bonds is 7. The summed E-state index contributed by atoms with van der Waals surface area (Å²) in [5.41, 5.74) is 1.63. The van der Waals surface area contributed by atoms with E-state index in [1.807, 2.05) is 18.2 Å². The average molecular weight is 368 g/mol. The van der Waals surface area contributed by atoms with Crippen LogP contribution in [0.1, 0.15) is 36.8 Å². The molecule has 1 aliphatic rings. The molecule has 3 atom stereocenters. The van der Waals surface area contributed by atoms with E-state index >= 15 is 0 Å². The molecule has 3 rings (SSSR count). The maximum Gasteiger partial charge on any atom is 0.119 e. The molecule has 27 heavy (non-hydrogen) atoms. The van der Waals surface area contributed by atoms with Gasteiger partial charge < -0.3 is 14.7 Å². The number of ether oxygens (including phenoxy) is 1. The van der Waals surface area contributed by atoms with Gasteiger partial charge in [0.15, 0.2) is 0 Å². The number of benzene rings is 2. The van der Waals surface area contributed by atoms with Gasteiger partial charge in [-0.15, -0.1) is 0 Å². The highest BCUT2D eigenvalue weighted by Gasteiger charge is 2.43. The van der Waals surface area contributed by atoms with Crippen LogP contribution in [-0.4, -0.2) is 37.8 Å². The molecule has 1 saturated carbocycles. The second kappa shape index (κ2) is 8.90. The number of methoxy groups -OCH3 is 1. The van der Waals surface area contributed by atoms with E-state index in [-0.39, 0.29) is 5.92 Å². The molecule has 2 aromatic rings. The number of hydrogen-bond acceptors (Lipinski definition) is 3. The Morgan fingerprint density at radius 2 is 1.89 bits per heavy atom. The molecule has 0 radical (unpaired) electrons. The molecule has 0 amide bonds. The molecule has 1 fully saturated rings. The Labute approximate surface area is 164 Å². The fourth-order valence-electron chi connectivity index (χ4n) is 4.56. The Kier molecular flexibility index (Phi) is 6.56. The van der Waals surface area contributed by atoms with E-state index in [1.54, 1.807) is 7.11 Å². The van der Waals surface area contributed by atoms with Gasteiger partial charge in [-0.3, -0.25) is 0 Å². The van der Waals surface area contributed by atoms with Crippen molar-refractivity contribution < 1.29 is 9.84 Å².